The molecule has 0 saturated heterocycles. The van der Waals surface area contributed by atoms with Crippen LogP contribution in [0.1, 0.15) is 30.5 Å². The van der Waals surface area contributed by atoms with Crippen LogP contribution >= 0.6 is 0 Å². The van der Waals surface area contributed by atoms with Gasteiger partial charge in [-0.3, -0.25) is 0 Å². The van der Waals surface area contributed by atoms with Crippen LogP contribution in [-0.4, -0.2) is 36.0 Å². The lowest BCUT2D eigenvalue weighted by Crippen LogP contribution is -2.61. The molecule has 0 aromatic heterocycles. The van der Waals surface area contributed by atoms with Crippen LogP contribution in [0.5, 0.6) is 0 Å². The van der Waals surface area contributed by atoms with Crippen LogP contribution in [0.3, 0.4) is 0 Å². The zero-order valence-electron chi connectivity index (χ0n) is 16.9. The van der Waals surface area contributed by atoms with Crippen molar-refractivity contribution in [3.05, 3.63) is 34.9 Å². The van der Waals surface area contributed by atoms with Crippen LogP contribution in [0.2, 0.25) is 0 Å². The van der Waals surface area contributed by atoms with Gasteiger partial charge in [-0.1, -0.05) is 18.2 Å². The second-order valence-electron chi connectivity index (χ2n) is 7.68. The van der Waals surface area contributed by atoms with Gasteiger partial charge in [0.25, 0.3) is 0 Å². The summed E-state index contributed by atoms with van der Waals surface area (Å²) in [6.45, 7) is -0.219. The highest BCUT2D eigenvalue weighted by Crippen LogP contribution is 2.61. The Labute approximate surface area is 187 Å². The summed E-state index contributed by atoms with van der Waals surface area (Å²) in [6.07, 6.45) is -14.9. The molecule has 36 heavy (non-hydrogen) atoms. The van der Waals surface area contributed by atoms with Crippen molar-refractivity contribution in [1.29, 1.82) is 0 Å². The summed E-state index contributed by atoms with van der Waals surface area (Å²) >= 11 is 0. The van der Waals surface area contributed by atoms with E-state index < -0.39 is 88.4 Å². The minimum absolute atomic E-state index is 0.110. The van der Waals surface area contributed by atoms with Crippen molar-refractivity contribution in [3.63, 3.8) is 0 Å². The van der Waals surface area contributed by atoms with Crippen LogP contribution in [0.4, 0.5) is 79.0 Å². The minimum atomic E-state index is -7.67. The lowest BCUT2D eigenvalue weighted by molar-refractivity contribution is -0.401. The highest BCUT2D eigenvalue weighted by atomic mass is 19.4. The van der Waals surface area contributed by atoms with Crippen molar-refractivity contribution >= 4 is 0 Å². The SMILES string of the molecule is CC(C)([O])c1c(C(F)(F)C(F)(F)C(F)(F)C(F)(F)F)cccc1C(F)(F)C(F)(F)C(F)(F)C(F)(F)F. The Morgan fingerprint density at radius 2 is 0.722 bits per heavy atom. The maximum absolute atomic E-state index is 14.4. The Kier molecular flexibility index (Phi) is 7.29. The first kappa shape index (κ1) is 31.9. The average molecular weight is 571 g/mol. The van der Waals surface area contributed by atoms with Gasteiger partial charge in [-0.2, -0.15) is 79.0 Å². The predicted octanol–water partition coefficient (Wildman–Crippen LogP) is 8.20. The maximum Gasteiger partial charge on any atom is 0.460 e. The van der Waals surface area contributed by atoms with Gasteiger partial charge in [0, 0.05) is 16.7 Å². The highest BCUT2D eigenvalue weighted by Gasteiger charge is 2.84. The number of hydrogen-bond donors (Lipinski definition) is 0. The Morgan fingerprint density at radius 3 is 0.917 bits per heavy atom. The molecule has 0 fully saturated rings. The van der Waals surface area contributed by atoms with Gasteiger partial charge in [-0.25, -0.2) is 5.11 Å². The molecule has 1 aromatic carbocycles. The van der Waals surface area contributed by atoms with Crippen LogP contribution in [0.15, 0.2) is 18.2 Å². The normalized spacial score (nSPS) is 15.9. The standard InChI is InChI=1S/C17H9F18O/c1-9(2,36)8-6(10(18,19)12(22,23)14(26,27)16(30,31)32)4-3-5-7(8)11(20,21)13(24,25)15(28,29)17(33,34)35/h3-5H,1-2H3. The molecule has 0 aliphatic carbocycles. The monoisotopic (exact) mass is 571 g/mol. The second kappa shape index (κ2) is 8.21. The minimum Gasteiger partial charge on any atom is -0.225 e. The van der Waals surface area contributed by atoms with Gasteiger partial charge in [-0.05, 0) is 13.8 Å². The van der Waals surface area contributed by atoms with E-state index in [1.165, 1.54) is 0 Å². The summed E-state index contributed by atoms with van der Waals surface area (Å²) < 4.78 is 240. The number of hydrogen-bond acceptors (Lipinski definition) is 0. The zero-order valence-corrected chi connectivity index (χ0v) is 16.9. The van der Waals surface area contributed by atoms with E-state index in [1.807, 2.05) is 0 Å². The molecule has 1 rings (SSSR count). The van der Waals surface area contributed by atoms with Gasteiger partial charge in [0.2, 0.25) is 0 Å². The molecular formula is C17H9F18O. The third-order valence-corrected chi connectivity index (χ3v) is 4.63. The maximum atomic E-state index is 14.4. The van der Waals surface area contributed by atoms with E-state index in [-0.39, 0.29) is 13.8 Å². The molecule has 0 atom stereocenters. The van der Waals surface area contributed by atoms with Gasteiger partial charge in [-0.15, -0.1) is 0 Å². The predicted molar refractivity (Wildman–Crippen MR) is 79.8 cm³/mol. The molecule has 0 amide bonds. The molecule has 0 aliphatic rings. The second-order valence-corrected chi connectivity index (χ2v) is 7.68. The lowest BCUT2D eigenvalue weighted by atomic mass is 9.80. The molecule has 0 aliphatic heterocycles. The average Bonchev–Trinajstić information content (AvgIpc) is 2.64. The number of alkyl halides is 18. The van der Waals surface area contributed by atoms with Crippen LogP contribution < -0.4 is 0 Å². The van der Waals surface area contributed by atoms with E-state index in [4.69, 9.17) is 0 Å². The first-order chi connectivity index (χ1) is 15.3. The van der Waals surface area contributed by atoms with E-state index in [2.05, 4.69) is 0 Å². The van der Waals surface area contributed by atoms with E-state index >= 15 is 0 Å². The Hall–Kier alpha value is -2.08. The third kappa shape index (κ3) is 4.33. The first-order valence-electron chi connectivity index (χ1n) is 8.60. The van der Waals surface area contributed by atoms with Crippen LogP contribution in [0.25, 0.3) is 0 Å². The summed E-state index contributed by atoms with van der Waals surface area (Å²) in [6, 6.07) is -1.81. The molecule has 19 heteroatoms. The molecule has 1 radical (unpaired) electrons. The first-order valence-corrected chi connectivity index (χ1v) is 8.60. The zero-order chi connectivity index (χ0) is 29.4. The van der Waals surface area contributed by atoms with Crippen molar-refractivity contribution in [3.8, 4) is 0 Å². The molecule has 209 valence electrons. The van der Waals surface area contributed by atoms with Gasteiger partial charge in [0.1, 0.15) is 5.60 Å². The van der Waals surface area contributed by atoms with Gasteiger partial charge >= 0.3 is 47.9 Å². The number of rotatable bonds is 7. The number of benzene rings is 1. The number of halogens is 18. The molecule has 0 heterocycles. The summed E-state index contributed by atoms with van der Waals surface area (Å²) in [4.78, 5) is 0. The summed E-state index contributed by atoms with van der Waals surface area (Å²) in [7, 11) is 0. The molecule has 0 spiro atoms. The van der Waals surface area contributed by atoms with E-state index in [0.717, 1.165) is 0 Å². The quantitative estimate of drug-likeness (QED) is 0.294. The molecule has 1 nitrogen and oxygen atoms in total. The van der Waals surface area contributed by atoms with E-state index in [0.29, 0.717) is 0 Å². The topological polar surface area (TPSA) is 19.9 Å². The summed E-state index contributed by atoms with van der Waals surface area (Å²) in [5, 5.41) is 12.2. The highest BCUT2D eigenvalue weighted by molar-refractivity contribution is 5.46. The summed E-state index contributed by atoms with van der Waals surface area (Å²) in [5.74, 6) is -44.6. The van der Waals surface area contributed by atoms with E-state index in [9.17, 15) is 84.1 Å². The molecule has 0 N–H and O–H groups in total. The third-order valence-electron chi connectivity index (χ3n) is 4.63. The van der Waals surface area contributed by atoms with Gasteiger partial charge in [0.15, 0.2) is 0 Å². The lowest BCUT2D eigenvalue weighted by Gasteiger charge is -2.38. The fourth-order valence-electron chi connectivity index (χ4n) is 2.81. The molecule has 1 aromatic rings. The molecule has 0 bridgehead atoms. The Bertz CT molecular complexity index is 895. The van der Waals surface area contributed by atoms with Crippen molar-refractivity contribution < 1.29 is 84.1 Å². The molecule has 0 saturated carbocycles. The van der Waals surface area contributed by atoms with Crippen molar-refractivity contribution in [2.75, 3.05) is 0 Å². The van der Waals surface area contributed by atoms with Gasteiger partial charge < -0.3 is 0 Å². The fourth-order valence-corrected chi connectivity index (χ4v) is 2.81. The van der Waals surface area contributed by atoms with Crippen molar-refractivity contribution in [2.45, 2.75) is 67.3 Å². The van der Waals surface area contributed by atoms with Crippen molar-refractivity contribution in [1.82, 2.24) is 0 Å². The van der Waals surface area contributed by atoms with Crippen LogP contribution in [-0.2, 0) is 22.6 Å². The Morgan fingerprint density at radius 1 is 0.472 bits per heavy atom. The van der Waals surface area contributed by atoms with E-state index in [1.54, 1.807) is 0 Å². The molecular weight excluding hydrogens is 562 g/mol. The largest absolute Gasteiger partial charge is 0.460 e. The van der Waals surface area contributed by atoms with Gasteiger partial charge in [0.05, 0.1) is 0 Å². The van der Waals surface area contributed by atoms with Crippen molar-refractivity contribution in [2.24, 2.45) is 0 Å². The smallest absolute Gasteiger partial charge is 0.225 e. The Balaban J connectivity index is 4.15. The fraction of sp³-hybridized carbons (Fsp3) is 0.647. The van der Waals surface area contributed by atoms with Crippen LogP contribution in [0, 0.1) is 0 Å². The summed E-state index contributed by atoms with van der Waals surface area (Å²) in [5.41, 5.74) is -13.2. The molecule has 0 unspecified atom stereocenters.